The van der Waals surface area contributed by atoms with Crippen LogP contribution in [0.25, 0.3) is 0 Å². The van der Waals surface area contributed by atoms with E-state index in [1.807, 2.05) is 24.3 Å². The molecule has 28 heavy (non-hydrogen) atoms. The predicted octanol–water partition coefficient (Wildman–Crippen LogP) is 3.51. The molecule has 0 aliphatic carbocycles. The largest absolute Gasteiger partial charge is 0.326 e. The summed E-state index contributed by atoms with van der Waals surface area (Å²) in [6.45, 7) is 6.12. The molecule has 1 aliphatic heterocycles. The lowest BCUT2D eigenvalue weighted by Gasteiger charge is -2.26. The zero-order valence-electron chi connectivity index (χ0n) is 16.0. The van der Waals surface area contributed by atoms with Gasteiger partial charge in [0.1, 0.15) is 0 Å². The summed E-state index contributed by atoms with van der Waals surface area (Å²) in [5, 5.41) is 6.42. The van der Waals surface area contributed by atoms with Crippen LogP contribution in [0.2, 0.25) is 0 Å². The number of benzene rings is 1. The van der Waals surface area contributed by atoms with Gasteiger partial charge in [-0.2, -0.15) is 0 Å². The number of hydrogen-bond donors (Lipinski definition) is 2. The summed E-state index contributed by atoms with van der Waals surface area (Å²) in [5.74, 6) is 1.46. The van der Waals surface area contributed by atoms with Gasteiger partial charge in [-0.05, 0) is 36.6 Å². The molecule has 3 aromatic rings. The van der Waals surface area contributed by atoms with E-state index in [9.17, 15) is 4.79 Å². The fraction of sp³-hybridized carbons (Fsp3) is 0.238. The molecule has 0 spiro atoms. The summed E-state index contributed by atoms with van der Waals surface area (Å²) in [7, 11) is 0. The fourth-order valence-corrected chi connectivity index (χ4v) is 3.15. The minimum absolute atomic E-state index is 0.159. The van der Waals surface area contributed by atoms with Gasteiger partial charge in [0.25, 0.3) is 5.56 Å². The third-order valence-electron chi connectivity index (χ3n) is 4.63. The Morgan fingerprint density at radius 2 is 1.96 bits per heavy atom. The molecule has 0 radical (unpaired) electrons. The van der Waals surface area contributed by atoms with E-state index in [2.05, 4.69) is 46.6 Å². The highest BCUT2D eigenvalue weighted by molar-refractivity contribution is 6.03. The molecule has 2 N–H and O–H groups in total. The molecule has 142 valence electrons. The number of rotatable bonds is 3. The molecule has 0 saturated carbocycles. The Morgan fingerprint density at radius 3 is 2.64 bits per heavy atom. The zero-order chi connectivity index (χ0) is 19.7. The van der Waals surface area contributed by atoms with Gasteiger partial charge in [0.05, 0.1) is 0 Å². The van der Waals surface area contributed by atoms with E-state index in [4.69, 9.17) is 4.99 Å². The van der Waals surface area contributed by atoms with E-state index in [1.165, 1.54) is 16.2 Å². The molecular formula is C21H22N6O. The van der Waals surface area contributed by atoms with Gasteiger partial charge in [0.2, 0.25) is 11.9 Å². The minimum atomic E-state index is -0.539. The number of fused-ring (bicyclic) bond motifs is 1. The normalized spacial score (nSPS) is 15.6. The highest BCUT2D eigenvalue weighted by Gasteiger charge is 2.25. The number of aryl methyl sites for hydroxylation is 1. The molecule has 0 bridgehead atoms. The molecule has 2 aromatic heterocycles. The molecule has 1 atom stereocenters. The summed E-state index contributed by atoms with van der Waals surface area (Å²) in [6.07, 6.45) is 2.87. The van der Waals surface area contributed by atoms with Crippen molar-refractivity contribution in [1.82, 2.24) is 14.5 Å². The second kappa shape index (κ2) is 7.26. The summed E-state index contributed by atoms with van der Waals surface area (Å²) in [5.41, 5.74) is 3.48. The molecule has 0 fully saturated rings. The van der Waals surface area contributed by atoms with E-state index in [0.717, 1.165) is 11.3 Å². The van der Waals surface area contributed by atoms with Crippen molar-refractivity contribution in [3.63, 3.8) is 0 Å². The van der Waals surface area contributed by atoms with E-state index < -0.39 is 6.17 Å². The van der Waals surface area contributed by atoms with E-state index >= 15 is 0 Å². The summed E-state index contributed by atoms with van der Waals surface area (Å²) in [4.78, 5) is 26.0. The van der Waals surface area contributed by atoms with Gasteiger partial charge in [0, 0.05) is 35.4 Å². The Kier molecular flexibility index (Phi) is 4.65. The Bertz CT molecular complexity index is 1070. The second-order valence-corrected chi connectivity index (χ2v) is 7.09. The van der Waals surface area contributed by atoms with Crippen LogP contribution in [-0.2, 0) is 0 Å². The van der Waals surface area contributed by atoms with Crippen LogP contribution in [0.1, 0.15) is 42.8 Å². The molecule has 0 saturated heterocycles. The van der Waals surface area contributed by atoms with Crippen LogP contribution in [0.3, 0.4) is 0 Å². The Balaban J connectivity index is 1.72. The Morgan fingerprint density at radius 1 is 1.18 bits per heavy atom. The van der Waals surface area contributed by atoms with Gasteiger partial charge in [-0.3, -0.25) is 19.7 Å². The first kappa shape index (κ1) is 17.9. The smallest absolute Gasteiger partial charge is 0.257 e. The minimum Gasteiger partial charge on any atom is -0.326 e. The Hall–Kier alpha value is -3.48. The number of guanidine groups is 1. The number of aromatic nitrogens is 3. The quantitative estimate of drug-likeness (QED) is 0.733. The first-order valence-corrected chi connectivity index (χ1v) is 9.23. The maximum absolute atomic E-state index is 12.6. The molecule has 4 rings (SSSR count). The number of aliphatic imine (C=N–C) groups is 1. The zero-order valence-corrected chi connectivity index (χ0v) is 16.0. The van der Waals surface area contributed by atoms with Gasteiger partial charge in [0.15, 0.2) is 6.17 Å². The summed E-state index contributed by atoms with van der Waals surface area (Å²) >= 11 is 0. The molecule has 3 heterocycles. The number of anilines is 2. The van der Waals surface area contributed by atoms with Crippen LogP contribution in [-0.4, -0.2) is 20.5 Å². The van der Waals surface area contributed by atoms with Crippen molar-refractivity contribution >= 4 is 17.6 Å². The highest BCUT2D eigenvalue weighted by atomic mass is 16.1. The first-order valence-electron chi connectivity index (χ1n) is 9.23. The van der Waals surface area contributed by atoms with Crippen molar-refractivity contribution in [3.8, 4) is 0 Å². The van der Waals surface area contributed by atoms with Crippen molar-refractivity contribution in [2.24, 2.45) is 4.99 Å². The molecule has 7 nitrogen and oxygen atoms in total. The lowest BCUT2D eigenvalue weighted by molar-refractivity contribution is 0.575. The van der Waals surface area contributed by atoms with Gasteiger partial charge in [-0.15, -0.1) is 0 Å². The monoisotopic (exact) mass is 374 g/mol. The first-order chi connectivity index (χ1) is 13.5. The van der Waals surface area contributed by atoms with Crippen LogP contribution in [0.4, 0.5) is 11.6 Å². The SMILES string of the molecule is Cc1cc(=O)n2c(n1)NC(Nc1ccc(C(C)C)cc1)=N[C@@H]2c1cccnc1. The molecule has 1 aromatic carbocycles. The third-order valence-corrected chi connectivity index (χ3v) is 4.63. The van der Waals surface area contributed by atoms with Crippen molar-refractivity contribution in [2.75, 3.05) is 10.6 Å². The average Bonchev–Trinajstić information content (AvgIpc) is 2.68. The third kappa shape index (κ3) is 3.51. The predicted molar refractivity (Wildman–Crippen MR) is 111 cm³/mol. The second-order valence-electron chi connectivity index (χ2n) is 7.09. The number of nitrogens with one attached hydrogen (secondary N) is 2. The van der Waals surface area contributed by atoms with Crippen LogP contribution in [0.15, 0.2) is 64.6 Å². The molecule has 0 unspecified atom stereocenters. The topological polar surface area (TPSA) is 84.2 Å². The van der Waals surface area contributed by atoms with Gasteiger partial charge in [-0.1, -0.05) is 32.0 Å². The standard InChI is InChI=1S/C21H22N6O/c1-13(2)15-6-8-17(9-7-15)24-20-25-19(16-5-4-10-22-12-16)27-18(28)11-14(3)23-21(27)26-20/h4-13,19H,1-3H3,(H2,23,24,25,26)/t19-/m0/s1. The number of hydrogen-bond acceptors (Lipinski definition) is 6. The van der Waals surface area contributed by atoms with Crippen LogP contribution in [0.5, 0.6) is 0 Å². The molecule has 0 amide bonds. The maximum Gasteiger partial charge on any atom is 0.257 e. The summed E-state index contributed by atoms with van der Waals surface area (Å²) < 4.78 is 1.54. The van der Waals surface area contributed by atoms with Gasteiger partial charge in [-0.25, -0.2) is 9.98 Å². The van der Waals surface area contributed by atoms with Crippen molar-refractivity contribution in [3.05, 3.63) is 82.0 Å². The van der Waals surface area contributed by atoms with E-state index in [-0.39, 0.29) is 5.56 Å². The highest BCUT2D eigenvalue weighted by Crippen LogP contribution is 2.25. The van der Waals surface area contributed by atoms with Gasteiger partial charge >= 0.3 is 0 Å². The van der Waals surface area contributed by atoms with Gasteiger partial charge < -0.3 is 5.32 Å². The van der Waals surface area contributed by atoms with Crippen molar-refractivity contribution < 1.29 is 0 Å². The van der Waals surface area contributed by atoms with Crippen LogP contribution >= 0.6 is 0 Å². The maximum atomic E-state index is 12.6. The van der Waals surface area contributed by atoms with Crippen LogP contribution < -0.4 is 16.2 Å². The number of pyridine rings is 1. The summed E-state index contributed by atoms with van der Waals surface area (Å²) in [6, 6.07) is 13.5. The van der Waals surface area contributed by atoms with Crippen LogP contribution in [0, 0.1) is 6.92 Å². The lowest BCUT2D eigenvalue weighted by Crippen LogP contribution is -2.37. The fourth-order valence-electron chi connectivity index (χ4n) is 3.15. The molecule has 7 heteroatoms. The number of nitrogens with zero attached hydrogens (tertiary/aromatic N) is 4. The molecule has 1 aliphatic rings. The lowest BCUT2D eigenvalue weighted by atomic mass is 10.0. The molecular weight excluding hydrogens is 352 g/mol. The van der Waals surface area contributed by atoms with Crippen molar-refractivity contribution in [1.29, 1.82) is 0 Å². The Labute approximate surface area is 163 Å². The van der Waals surface area contributed by atoms with Crippen molar-refractivity contribution in [2.45, 2.75) is 32.9 Å². The average molecular weight is 374 g/mol. The van der Waals surface area contributed by atoms with E-state index in [0.29, 0.717) is 23.5 Å². The van der Waals surface area contributed by atoms with E-state index in [1.54, 1.807) is 19.3 Å².